The fourth-order valence-corrected chi connectivity index (χ4v) is 2.17. The van der Waals surface area contributed by atoms with Crippen LogP contribution >= 0.6 is 0 Å². The van der Waals surface area contributed by atoms with Crippen LogP contribution in [0, 0.1) is 0 Å². The average molecular weight is 275 g/mol. The molecule has 1 atom stereocenters. The molecule has 3 N–H and O–H groups in total. The minimum atomic E-state index is -3.57. The summed E-state index contributed by atoms with van der Waals surface area (Å²) in [5.41, 5.74) is 0.212. The number of nitrogens with zero attached hydrogens (tertiary/aromatic N) is 1. The van der Waals surface area contributed by atoms with Gasteiger partial charge < -0.3 is 15.0 Å². The highest BCUT2D eigenvalue weighted by atomic mass is 32.2. The van der Waals surface area contributed by atoms with Crippen molar-refractivity contribution < 1.29 is 18.3 Å². The van der Waals surface area contributed by atoms with E-state index in [1.54, 1.807) is 14.0 Å². The van der Waals surface area contributed by atoms with E-state index in [9.17, 15) is 13.2 Å². The highest BCUT2D eigenvalue weighted by molar-refractivity contribution is 7.89. The minimum absolute atomic E-state index is 0.0225. The van der Waals surface area contributed by atoms with Crippen molar-refractivity contribution >= 4 is 15.9 Å². The zero-order valence-electron chi connectivity index (χ0n) is 10.5. The Hall–Kier alpha value is -1.38. The topological polar surface area (TPSA) is 100 Å². The number of aliphatic hydroxyl groups excluding tert-OH is 1. The maximum atomic E-state index is 11.8. The van der Waals surface area contributed by atoms with Crippen LogP contribution in [-0.4, -0.2) is 43.7 Å². The van der Waals surface area contributed by atoms with E-state index in [1.165, 1.54) is 23.9 Å². The van der Waals surface area contributed by atoms with E-state index in [1.807, 2.05) is 0 Å². The van der Waals surface area contributed by atoms with Gasteiger partial charge in [0.2, 0.25) is 10.0 Å². The summed E-state index contributed by atoms with van der Waals surface area (Å²) in [4.78, 5) is 11.8. The molecule has 0 radical (unpaired) electrons. The van der Waals surface area contributed by atoms with Gasteiger partial charge in [-0.25, -0.2) is 13.1 Å². The molecule has 0 aliphatic carbocycles. The van der Waals surface area contributed by atoms with Gasteiger partial charge in [0.15, 0.2) is 0 Å². The van der Waals surface area contributed by atoms with Crippen LogP contribution < -0.4 is 10.0 Å². The first-order valence-electron chi connectivity index (χ1n) is 5.33. The lowest BCUT2D eigenvalue weighted by Crippen LogP contribution is -2.35. The first kappa shape index (κ1) is 14.7. The first-order chi connectivity index (χ1) is 8.31. The van der Waals surface area contributed by atoms with Crippen LogP contribution in [-0.2, 0) is 17.1 Å². The Morgan fingerprint density at radius 3 is 2.67 bits per heavy atom. The van der Waals surface area contributed by atoms with Crippen LogP contribution in [0.25, 0.3) is 0 Å². The number of carbonyl (C=O) groups excluding carboxylic acids is 1. The van der Waals surface area contributed by atoms with Gasteiger partial charge in [-0.05, 0) is 20.0 Å². The second-order valence-electron chi connectivity index (χ2n) is 3.94. The lowest BCUT2D eigenvalue weighted by molar-refractivity contribution is 0.0914. The molecule has 0 fully saturated rings. The summed E-state index contributed by atoms with van der Waals surface area (Å²) in [6.07, 6.45) is 1.35. The number of aromatic nitrogens is 1. The molecule has 0 saturated carbocycles. The second-order valence-corrected chi connectivity index (χ2v) is 5.82. The summed E-state index contributed by atoms with van der Waals surface area (Å²) >= 11 is 0. The zero-order valence-corrected chi connectivity index (χ0v) is 11.3. The van der Waals surface area contributed by atoms with Gasteiger partial charge in [0.25, 0.3) is 5.91 Å². The highest BCUT2D eigenvalue weighted by Gasteiger charge is 2.19. The predicted molar refractivity (Wildman–Crippen MR) is 65.7 cm³/mol. The van der Waals surface area contributed by atoms with E-state index in [0.717, 1.165) is 0 Å². The zero-order chi connectivity index (χ0) is 13.9. The normalized spacial score (nSPS) is 13.3. The van der Waals surface area contributed by atoms with E-state index in [-0.39, 0.29) is 17.2 Å². The van der Waals surface area contributed by atoms with E-state index in [2.05, 4.69) is 10.0 Å². The van der Waals surface area contributed by atoms with Crippen molar-refractivity contribution in [2.45, 2.75) is 17.9 Å². The molecule has 0 bridgehead atoms. The molecule has 0 saturated heterocycles. The summed E-state index contributed by atoms with van der Waals surface area (Å²) in [6, 6.07) is 0.891. The molecular weight excluding hydrogens is 258 g/mol. The van der Waals surface area contributed by atoms with Gasteiger partial charge >= 0.3 is 0 Å². The largest absolute Gasteiger partial charge is 0.394 e. The number of rotatable bonds is 5. The number of amides is 1. The number of hydrogen-bond donors (Lipinski definition) is 3. The molecule has 102 valence electrons. The Morgan fingerprint density at radius 1 is 1.56 bits per heavy atom. The predicted octanol–water partition coefficient (Wildman–Crippen LogP) is -0.956. The van der Waals surface area contributed by atoms with Crippen molar-refractivity contribution in [3.63, 3.8) is 0 Å². The van der Waals surface area contributed by atoms with Crippen molar-refractivity contribution in [2.75, 3.05) is 13.7 Å². The number of aryl methyl sites for hydroxylation is 1. The van der Waals surface area contributed by atoms with Crippen molar-refractivity contribution in [1.29, 1.82) is 0 Å². The summed E-state index contributed by atoms with van der Waals surface area (Å²) in [6.45, 7) is 1.46. The molecular formula is C10H17N3O4S. The molecule has 1 aromatic rings. The maximum Gasteiger partial charge on any atom is 0.268 e. The van der Waals surface area contributed by atoms with Crippen LogP contribution in [0.3, 0.4) is 0 Å². The van der Waals surface area contributed by atoms with E-state index in [0.29, 0.717) is 0 Å². The minimum Gasteiger partial charge on any atom is -0.394 e. The Labute approximate surface area is 106 Å². The van der Waals surface area contributed by atoms with Gasteiger partial charge in [0.05, 0.1) is 6.61 Å². The van der Waals surface area contributed by atoms with Gasteiger partial charge in [0.1, 0.15) is 10.6 Å². The molecule has 0 aromatic carbocycles. The number of carbonyl (C=O) groups is 1. The molecule has 1 amide bonds. The fraction of sp³-hybridized carbons (Fsp3) is 0.500. The third-order valence-corrected chi connectivity index (χ3v) is 3.82. The molecule has 1 aromatic heterocycles. The maximum absolute atomic E-state index is 11.8. The lowest BCUT2D eigenvalue weighted by Gasteiger charge is -2.10. The molecule has 8 heteroatoms. The van der Waals surface area contributed by atoms with Crippen LogP contribution in [0.2, 0.25) is 0 Å². The monoisotopic (exact) mass is 275 g/mol. The van der Waals surface area contributed by atoms with Gasteiger partial charge in [-0.3, -0.25) is 4.79 Å². The average Bonchev–Trinajstić information content (AvgIpc) is 2.71. The Morgan fingerprint density at radius 2 is 2.17 bits per heavy atom. The van der Waals surface area contributed by atoms with Crippen molar-refractivity contribution in [3.8, 4) is 0 Å². The Bertz CT molecular complexity index is 535. The summed E-state index contributed by atoms with van der Waals surface area (Å²) in [7, 11) is -0.690. The third kappa shape index (κ3) is 3.09. The van der Waals surface area contributed by atoms with Crippen molar-refractivity contribution in [1.82, 2.24) is 14.6 Å². The molecule has 1 unspecified atom stereocenters. The molecule has 0 aliphatic rings. The SMILES string of the molecule is CNS(=O)(=O)c1cc(C(=O)NC(C)CO)n(C)c1. The van der Waals surface area contributed by atoms with E-state index >= 15 is 0 Å². The quantitative estimate of drug-likeness (QED) is 0.644. The van der Waals surface area contributed by atoms with E-state index < -0.39 is 22.0 Å². The van der Waals surface area contributed by atoms with E-state index in [4.69, 9.17) is 5.11 Å². The molecule has 0 spiro atoms. The number of sulfonamides is 1. The number of aliphatic hydroxyl groups is 1. The van der Waals surface area contributed by atoms with Gasteiger partial charge in [-0.2, -0.15) is 0 Å². The van der Waals surface area contributed by atoms with Gasteiger partial charge in [-0.1, -0.05) is 0 Å². The van der Waals surface area contributed by atoms with Gasteiger partial charge in [0, 0.05) is 19.3 Å². The van der Waals surface area contributed by atoms with Crippen LogP contribution in [0.5, 0.6) is 0 Å². The summed E-state index contributed by atoms with van der Waals surface area (Å²) in [5.74, 6) is -0.434. The molecule has 0 aliphatic heterocycles. The lowest BCUT2D eigenvalue weighted by atomic mass is 10.3. The number of nitrogens with one attached hydrogen (secondary N) is 2. The molecule has 1 heterocycles. The first-order valence-corrected chi connectivity index (χ1v) is 6.81. The molecule has 18 heavy (non-hydrogen) atoms. The third-order valence-electron chi connectivity index (χ3n) is 2.44. The second kappa shape index (κ2) is 5.51. The fourth-order valence-electron chi connectivity index (χ4n) is 1.37. The Kier molecular flexibility index (Phi) is 4.49. The van der Waals surface area contributed by atoms with Crippen molar-refractivity contribution in [2.24, 2.45) is 7.05 Å². The van der Waals surface area contributed by atoms with Crippen molar-refractivity contribution in [3.05, 3.63) is 18.0 Å². The summed E-state index contributed by atoms with van der Waals surface area (Å²) in [5, 5.41) is 11.4. The van der Waals surface area contributed by atoms with Crippen LogP contribution in [0.15, 0.2) is 17.2 Å². The van der Waals surface area contributed by atoms with Crippen LogP contribution in [0.4, 0.5) is 0 Å². The standard InChI is InChI=1S/C10H17N3O4S/c1-7(6-14)12-10(15)9-4-8(5-13(9)3)18(16,17)11-2/h4-5,7,11,14H,6H2,1-3H3,(H,12,15). The Balaban J connectivity index is 3.02. The molecule has 1 rings (SSSR count). The van der Waals surface area contributed by atoms with Crippen LogP contribution in [0.1, 0.15) is 17.4 Å². The van der Waals surface area contributed by atoms with Gasteiger partial charge in [-0.15, -0.1) is 0 Å². The smallest absolute Gasteiger partial charge is 0.268 e. The highest BCUT2D eigenvalue weighted by Crippen LogP contribution is 2.13. The molecule has 7 nitrogen and oxygen atoms in total. The summed E-state index contributed by atoms with van der Waals surface area (Å²) < 4.78 is 26.7. The number of hydrogen-bond acceptors (Lipinski definition) is 4.